The lowest BCUT2D eigenvalue weighted by atomic mass is 10.2. The first-order valence-corrected chi connectivity index (χ1v) is 9.98. The first-order chi connectivity index (χ1) is 11.5. The zero-order chi connectivity index (χ0) is 17.3. The lowest BCUT2D eigenvalue weighted by Gasteiger charge is -2.05. The molecule has 2 aromatic carbocycles. The third-order valence-corrected chi connectivity index (χ3v) is 5.54. The topological polar surface area (TPSA) is 66.2 Å². The normalized spacial score (nSPS) is 11.3. The molecule has 0 unspecified atom stereocenters. The number of aromatic hydroxyl groups is 1. The molecule has 1 aromatic heterocycles. The van der Waals surface area contributed by atoms with E-state index >= 15 is 0 Å². The predicted octanol–water partition coefficient (Wildman–Crippen LogP) is 5.17. The van der Waals surface area contributed by atoms with Gasteiger partial charge < -0.3 is 5.11 Å². The van der Waals surface area contributed by atoms with Crippen molar-refractivity contribution in [3.63, 3.8) is 0 Å². The minimum Gasteiger partial charge on any atom is -0.506 e. The van der Waals surface area contributed by atoms with E-state index in [1.54, 1.807) is 6.21 Å². The van der Waals surface area contributed by atoms with Gasteiger partial charge in [-0.15, -0.1) is 0 Å². The van der Waals surface area contributed by atoms with Crippen LogP contribution in [0.3, 0.4) is 0 Å². The second kappa shape index (κ2) is 7.62. The van der Waals surface area contributed by atoms with Gasteiger partial charge in [0.1, 0.15) is 5.75 Å². The molecule has 3 aromatic rings. The van der Waals surface area contributed by atoms with Crippen molar-refractivity contribution in [2.75, 3.05) is 0 Å². The van der Waals surface area contributed by atoms with Gasteiger partial charge in [-0.1, -0.05) is 28.1 Å². The Morgan fingerprint density at radius 1 is 1.29 bits per heavy atom. The molecule has 9 heteroatoms. The zero-order valence-corrected chi connectivity index (χ0v) is 18.6. The standard InChI is InChI=1S/C15H9BrI2N4OS/c16-11-4-2-1-3-10(11)14-20-21-15(24)22(14)19-7-8-5-9(17)6-12(18)13(8)23/h1-7,23H,(H,21,24)/b19-7+. The van der Waals surface area contributed by atoms with Gasteiger partial charge in [0.05, 0.1) is 9.78 Å². The quantitative estimate of drug-likeness (QED) is 0.240. The number of H-pyrrole nitrogens is 1. The number of hydrogen-bond acceptors (Lipinski definition) is 4. The van der Waals surface area contributed by atoms with Crippen molar-refractivity contribution in [3.8, 4) is 17.1 Å². The van der Waals surface area contributed by atoms with Crippen LogP contribution in [-0.2, 0) is 0 Å². The summed E-state index contributed by atoms with van der Waals surface area (Å²) >= 11 is 13.1. The van der Waals surface area contributed by atoms with E-state index in [1.165, 1.54) is 4.68 Å². The highest BCUT2D eigenvalue weighted by Crippen LogP contribution is 2.28. The van der Waals surface area contributed by atoms with Crippen LogP contribution in [0.15, 0.2) is 46.0 Å². The van der Waals surface area contributed by atoms with Crippen LogP contribution in [0, 0.1) is 11.9 Å². The summed E-state index contributed by atoms with van der Waals surface area (Å²) in [4.78, 5) is 0. The van der Waals surface area contributed by atoms with E-state index in [1.807, 2.05) is 36.4 Å². The summed E-state index contributed by atoms with van der Waals surface area (Å²) < 4.78 is 4.57. The Morgan fingerprint density at radius 3 is 2.79 bits per heavy atom. The summed E-state index contributed by atoms with van der Waals surface area (Å²) in [6, 6.07) is 11.4. The van der Waals surface area contributed by atoms with E-state index in [9.17, 15) is 5.11 Å². The Balaban J connectivity index is 2.08. The molecule has 0 fully saturated rings. The fourth-order valence-corrected chi connectivity index (χ4v) is 4.55. The third kappa shape index (κ3) is 3.73. The number of phenolic OH excluding ortho intramolecular Hbond substituents is 1. The first-order valence-electron chi connectivity index (χ1n) is 6.62. The van der Waals surface area contributed by atoms with Crippen molar-refractivity contribution in [1.82, 2.24) is 14.9 Å². The van der Waals surface area contributed by atoms with E-state index in [2.05, 4.69) is 76.4 Å². The maximum atomic E-state index is 10.2. The monoisotopic (exact) mass is 626 g/mol. The molecular formula is C15H9BrI2N4OS. The van der Waals surface area contributed by atoms with Gasteiger partial charge in [-0.05, 0) is 81.7 Å². The van der Waals surface area contributed by atoms with Crippen molar-refractivity contribution in [2.24, 2.45) is 5.10 Å². The van der Waals surface area contributed by atoms with Gasteiger partial charge in [-0.2, -0.15) is 14.9 Å². The maximum Gasteiger partial charge on any atom is 0.216 e. The molecule has 2 N–H and O–H groups in total. The molecule has 0 amide bonds. The average Bonchev–Trinajstić information content (AvgIpc) is 2.90. The zero-order valence-electron chi connectivity index (χ0n) is 11.9. The molecule has 5 nitrogen and oxygen atoms in total. The summed E-state index contributed by atoms with van der Waals surface area (Å²) in [6.45, 7) is 0. The molecule has 0 bridgehead atoms. The van der Waals surface area contributed by atoms with E-state index in [4.69, 9.17) is 12.2 Å². The number of phenols is 1. The van der Waals surface area contributed by atoms with Crippen LogP contribution >= 0.6 is 73.3 Å². The Morgan fingerprint density at radius 2 is 2.04 bits per heavy atom. The average molecular weight is 627 g/mol. The van der Waals surface area contributed by atoms with Gasteiger partial charge in [-0.25, -0.2) is 5.10 Å². The van der Waals surface area contributed by atoms with Gasteiger partial charge in [0.15, 0.2) is 5.82 Å². The molecule has 0 aliphatic heterocycles. The smallest absolute Gasteiger partial charge is 0.216 e. The molecule has 24 heavy (non-hydrogen) atoms. The SMILES string of the molecule is Oc1c(I)cc(I)cc1/C=N/n1c(-c2ccccc2Br)n[nH]c1=S. The summed E-state index contributed by atoms with van der Waals surface area (Å²) in [5.41, 5.74) is 1.48. The van der Waals surface area contributed by atoms with Crippen LogP contribution in [0.25, 0.3) is 11.4 Å². The first kappa shape index (κ1) is 18.0. The fourth-order valence-electron chi connectivity index (χ4n) is 2.02. The number of nitrogens with zero attached hydrogens (tertiary/aromatic N) is 3. The van der Waals surface area contributed by atoms with E-state index < -0.39 is 0 Å². The molecular weight excluding hydrogens is 618 g/mol. The lowest BCUT2D eigenvalue weighted by Crippen LogP contribution is -1.96. The van der Waals surface area contributed by atoms with E-state index in [-0.39, 0.29) is 5.75 Å². The molecule has 0 aliphatic rings. The summed E-state index contributed by atoms with van der Waals surface area (Å²) in [5.74, 6) is 0.778. The number of rotatable bonds is 3. The lowest BCUT2D eigenvalue weighted by molar-refractivity contribution is 0.470. The van der Waals surface area contributed by atoms with Gasteiger partial charge >= 0.3 is 0 Å². The summed E-state index contributed by atoms with van der Waals surface area (Å²) in [7, 11) is 0. The minimum absolute atomic E-state index is 0.192. The van der Waals surface area contributed by atoms with Crippen molar-refractivity contribution < 1.29 is 5.11 Å². The second-order valence-electron chi connectivity index (χ2n) is 4.71. The molecule has 0 radical (unpaired) electrons. The third-order valence-electron chi connectivity index (χ3n) is 3.14. The number of nitrogens with one attached hydrogen (secondary N) is 1. The van der Waals surface area contributed by atoms with E-state index in [0.29, 0.717) is 16.2 Å². The molecule has 0 saturated carbocycles. The highest BCUT2D eigenvalue weighted by atomic mass is 127. The molecule has 3 rings (SSSR count). The van der Waals surface area contributed by atoms with Crippen LogP contribution in [0.4, 0.5) is 0 Å². The van der Waals surface area contributed by atoms with Crippen LogP contribution < -0.4 is 0 Å². The molecule has 0 saturated heterocycles. The highest BCUT2D eigenvalue weighted by molar-refractivity contribution is 14.1. The predicted molar refractivity (Wildman–Crippen MR) is 117 cm³/mol. The second-order valence-corrected chi connectivity index (χ2v) is 8.36. The molecule has 122 valence electrons. The summed E-state index contributed by atoms with van der Waals surface area (Å²) in [5, 5.41) is 21.6. The van der Waals surface area contributed by atoms with Crippen LogP contribution in [0.1, 0.15) is 5.56 Å². The molecule has 0 atom stereocenters. The van der Waals surface area contributed by atoms with Crippen molar-refractivity contribution in [3.05, 3.63) is 58.3 Å². The number of aromatic nitrogens is 3. The van der Waals surface area contributed by atoms with Crippen molar-refractivity contribution >= 4 is 79.5 Å². The maximum absolute atomic E-state index is 10.2. The Bertz CT molecular complexity index is 999. The Hall–Kier alpha value is -0.790. The van der Waals surface area contributed by atoms with E-state index in [0.717, 1.165) is 17.2 Å². The molecule has 1 heterocycles. The molecule has 0 spiro atoms. The Labute approximate surface area is 178 Å². The van der Waals surface area contributed by atoms with Gasteiger partial charge in [0.2, 0.25) is 4.77 Å². The van der Waals surface area contributed by atoms with Crippen molar-refractivity contribution in [1.29, 1.82) is 0 Å². The largest absolute Gasteiger partial charge is 0.506 e. The minimum atomic E-state index is 0.192. The van der Waals surface area contributed by atoms with Crippen molar-refractivity contribution in [2.45, 2.75) is 0 Å². The summed E-state index contributed by atoms with van der Waals surface area (Å²) in [6.07, 6.45) is 1.57. The number of benzene rings is 2. The van der Waals surface area contributed by atoms with Crippen LogP contribution in [-0.4, -0.2) is 26.2 Å². The van der Waals surface area contributed by atoms with Gasteiger partial charge in [-0.3, -0.25) is 0 Å². The van der Waals surface area contributed by atoms with Crippen LogP contribution in [0.5, 0.6) is 5.75 Å². The van der Waals surface area contributed by atoms with Crippen LogP contribution in [0.2, 0.25) is 0 Å². The van der Waals surface area contributed by atoms with Gasteiger partial charge in [0.25, 0.3) is 0 Å². The number of hydrogen-bond donors (Lipinski definition) is 2. The fraction of sp³-hybridized carbons (Fsp3) is 0. The Kier molecular flexibility index (Phi) is 5.72. The molecule has 0 aliphatic carbocycles. The number of halogens is 3. The highest BCUT2D eigenvalue weighted by Gasteiger charge is 2.11. The van der Waals surface area contributed by atoms with Gasteiger partial charge in [0, 0.05) is 19.2 Å². The number of aromatic amines is 1.